The second-order valence-electron chi connectivity index (χ2n) is 9.44. The molecule has 0 spiro atoms. The van der Waals surface area contributed by atoms with E-state index in [-0.39, 0.29) is 0 Å². The van der Waals surface area contributed by atoms with E-state index in [9.17, 15) is 9.59 Å². The number of aromatic nitrogens is 1. The molecule has 0 radical (unpaired) electrons. The van der Waals surface area contributed by atoms with Crippen molar-refractivity contribution in [2.75, 3.05) is 7.11 Å². The number of methoxy groups -OCH3 is 1. The lowest BCUT2D eigenvalue weighted by Crippen LogP contribution is -2.42. The number of fused-ring (bicyclic) bond motifs is 1. The van der Waals surface area contributed by atoms with Gasteiger partial charge in [-0.1, -0.05) is 31.6 Å². The Morgan fingerprint density at radius 3 is 2.43 bits per heavy atom. The molecular weight excluding hydrogens is 396 g/mol. The summed E-state index contributed by atoms with van der Waals surface area (Å²) in [5, 5.41) is 3.65. The Kier molecular flexibility index (Phi) is 7.04. The molecule has 0 saturated carbocycles. The van der Waals surface area contributed by atoms with E-state index in [1.54, 1.807) is 33.9 Å². The monoisotopic (exact) mass is 428 g/mol. The Bertz CT molecular complexity index is 987. The number of ether oxygens (including phenoxy) is 2. The SMILES string of the molecule is COC(=O)C(c1c[nH]c2cc(C#C[Si](C)(C)C)ccc12)C(C)NC(=O)OC(C)(C)C. The Morgan fingerprint density at radius 1 is 1.20 bits per heavy atom. The van der Waals surface area contributed by atoms with Gasteiger partial charge in [0.1, 0.15) is 19.6 Å². The van der Waals surface area contributed by atoms with Crippen molar-refractivity contribution in [1.82, 2.24) is 10.3 Å². The maximum atomic E-state index is 12.6. The Balaban J connectivity index is 2.36. The number of carbonyl (C=O) groups is 2. The normalized spacial score (nSPS) is 13.7. The lowest BCUT2D eigenvalue weighted by atomic mass is 9.92. The van der Waals surface area contributed by atoms with Crippen LogP contribution in [0, 0.1) is 11.5 Å². The molecule has 1 aromatic carbocycles. The summed E-state index contributed by atoms with van der Waals surface area (Å²) in [4.78, 5) is 28.0. The van der Waals surface area contributed by atoms with Crippen LogP contribution in [0.5, 0.6) is 0 Å². The molecule has 0 aliphatic heterocycles. The van der Waals surface area contributed by atoms with Crippen molar-refractivity contribution in [2.45, 2.75) is 64.9 Å². The van der Waals surface area contributed by atoms with E-state index in [1.165, 1.54) is 7.11 Å². The fourth-order valence-corrected chi connectivity index (χ4v) is 3.57. The molecule has 2 N–H and O–H groups in total. The van der Waals surface area contributed by atoms with Crippen LogP contribution in [0.4, 0.5) is 4.79 Å². The summed E-state index contributed by atoms with van der Waals surface area (Å²) in [7, 11) is -0.131. The molecule has 2 rings (SSSR count). The molecule has 2 unspecified atom stereocenters. The minimum atomic E-state index is -1.47. The van der Waals surface area contributed by atoms with Crippen molar-refractivity contribution in [3.63, 3.8) is 0 Å². The number of benzene rings is 1. The van der Waals surface area contributed by atoms with Gasteiger partial charge in [-0.25, -0.2) is 4.79 Å². The van der Waals surface area contributed by atoms with Gasteiger partial charge in [0.2, 0.25) is 0 Å². The van der Waals surface area contributed by atoms with Crippen molar-refractivity contribution < 1.29 is 19.1 Å². The molecule has 30 heavy (non-hydrogen) atoms. The number of alkyl carbamates (subject to hydrolysis) is 1. The van der Waals surface area contributed by atoms with Crippen molar-refractivity contribution in [3.8, 4) is 11.5 Å². The molecular formula is C23H32N2O4Si. The highest BCUT2D eigenvalue weighted by atomic mass is 28.3. The van der Waals surface area contributed by atoms with Crippen molar-refractivity contribution in [1.29, 1.82) is 0 Å². The standard InChI is InChI=1S/C23H32N2O4Si/c1-15(25-22(27)29-23(2,3)4)20(21(26)28-5)18-14-24-19-13-16(9-10-17(18)19)11-12-30(6,7)8/h9-10,13-15,20,24H,1-8H3,(H,25,27). The summed E-state index contributed by atoms with van der Waals surface area (Å²) in [5.41, 5.74) is 5.29. The van der Waals surface area contributed by atoms with Gasteiger partial charge in [0, 0.05) is 28.7 Å². The molecule has 0 saturated heterocycles. The first-order valence-electron chi connectivity index (χ1n) is 10.0. The van der Waals surface area contributed by atoms with Crippen LogP contribution in [-0.2, 0) is 14.3 Å². The van der Waals surface area contributed by atoms with E-state index in [1.807, 2.05) is 18.2 Å². The second-order valence-corrected chi connectivity index (χ2v) is 14.2. The molecule has 0 bridgehead atoms. The number of hydrogen-bond acceptors (Lipinski definition) is 4. The largest absolute Gasteiger partial charge is 0.468 e. The molecule has 7 heteroatoms. The second kappa shape index (κ2) is 8.96. The van der Waals surface area contributed by atoms with Crippen molar-refractivity contribution in [2.24, 2.45) is 0 Å². The van der Waals surface area contributed by atoms with Gasteiger partial charge in [-0.3, -0.25) is 4.79 Å². The van der Waals surface area contributed by atoms with Crippen LogP contribution in [0.2, 0.25) is 19.6 Å². The van der Waals surface area contributed by atoms with Crippen molar-refractivity contribution >= 4 is 31.0 Å². The number of rotatable bonds is 4. The summed E-state index contributed by atoms with van der Waals surface area (Å²) in [6, 6.07) is 5.35. The molecule has 0 fully saturated rings. The number of carbonyl (C=O) groups excluding carboxylic acids is 2. The van der Waals surface area contributed by atoms with E-state index >= 15 is 0 Å². The summed E-state index contributed by atoms with van der Waals surface area (Å²) < 4.78 is 10.4. The van der Waals surface area contributed by atoms with E-state index in [2.05, 4.69) is 41.4 Å². The third kappa shape index (κ3) is 6.39. The zero-order valence-electron chi connectivity index (χ0n) is 19.1. The Morgan fingerprint density at radius 2 is 1.87 bits per heavy atom. The summed E-state index contributed by atoms with van der Waals surface area (Å²) in [6.07, 6.45) is 1.21. The van der Waals surface area contributed by atoms with Gasteiger partial charge in [0.25, 0.3) is 0 Å². The number of hydrogen-bond donors (Lipinski definition) is 2. The predicted octanol–water partition coefficient (Wildman–Crippen LogP) is 4.57. The van der Waals surface area contributed by atoms with Crippen LogP contribution >= 0.6 is 0 Å². The smallest absolute Gasteiger partial charge is 0.407 e. The van der Waals surface area contributed by atoms with Crippen LogP contribution in [0.15, 0.2) is 24.4 Å². The first-order chi connectivity index (χ1) is 13.8. The van der Waals surface area contributed by atoms with Gasteiger partial charge >= 0.3 is 12.1 Å². The molecule has 0 aliphatic rings. The lowest BCUT2D eigenvalue weighted by Gasteiger charge is -2.25. The van der Waals surface area contributed by atoms with E-state index < -0.39 is 37.7 Å². The number of nitrogens with one attached hydrogen (secondary N) is 2. The third-order valence-corrected chi connectivity index (χ3v) is 5.21. The highest BCUT2D eigenvalue weighted by molar-refractivity contribution is 6.83. The topological polar surface area (TPSA) is 80.4 Å². The minimum Gasteiger partial charge on any atom is -0.468 e. The van der Waals surface area contributed by atoms with Gasteiger partial charge in [-0.15, -0.1) is 5.54 Å². The van der Waals surface area contributed by atoms with Crippen LogP contribution in [0.25, 0.3) is 10.9 Å². The number of esters is 1. The van der Waals surface area contributed by atoms with Crippen LogP contribution in [-0.4, -0.2) is 43.9 Å². The van der Waals surface area contributed by atoms with E-state index in [4.69, 9.17) is 9.47 Å². The molecule has 2 aromatic rings. The molecule has 0 aliphatic carbocycles. The minimum absolute atomic E-state index is 0.429. The average Bonchev–Trinajstić information content (AvgIpc) is 3.00. The maximum Gasteiger partial charge on any atom is 0.407 e. The van der Waals surface area contributed by atoms with Crippen LogP contribution in [0.3, 0.4) is 0 Å². The molecule has 1 amide bonds. The average molecular weight is 429 g/mol. The zero-order chi connectivity index (χ0) is 22.7. The van der Waals surface area contributed by atoms with E-state index in [0.717, 1.165) is 22.0 Å². The summed E-state index contributed by atoms with van der Waals surface area (Å²) >= 11 is 0. The van der Waals surface area contributed by atoms with Crippen molar-refractivity contribution in [3.05, 3.63) is 35.5 Å². The van der Waals surface area contributed by atoms with Gasteiger partial charge in [0.15, 0.2) is 0 Å². The lowest BCUT2D eigenvalue weighted by molar-refractivity contribution is -0.143. The first kappa shape index (κ1) is 23.6. The fraction of sp³-hybridized carbons (Fsp3) is 0.478. The van der Waals surface area contributed by atoms with Crippen LogP contribution < -0.4 is 5.32 Å². The van der Waals surface area contributed by atoms with Gasteiger partial charge in [0.05, 0.1) is 7.11 Å². The van der Waals surface area contributed by atoms with Gasteiger partial charge in [-0.05, 0) is 45.4 Å². The Labute approximate surface area is 179 Å². The summed E-state index contributed by atoms with van der Waals surface area (Å²) in [6.45, 7) is 13.7. The summed E-state index contributed by atoms with van der Waals surface area (Å²) in [5.74, 6) is 2.13. The van der Waals surface area contributed by atoms with Gasteiger partial charge in [-0.2, -0.15) is 0 Å². The van der Waals surface area contributed by atoms with E-state index in [0.29, 0.717) is 0 Å². The maximum absolute atomic E-state index is 12.6. The zero-order valence-corrected chi connectivity index (χ0v) is 20.1. The first-order valence-corrected chi connectivity index (χ1v) is 13.5. The number of amides is 1. The van der Waals surface area contributed by atoms with Crippen LogP contribution in [0.1, 0.15) is 44.7 Å². The number of H-pyrrole nitrogens is 1. The quantitative estimate of drug-likeness (QED) is 0.425. The molecule has 6 nitrogen and oxygen atoms in total. The molecule has 2 atom stereocenters. The highest BCUT2D eigenvalue weighted by Gasteiger charge is 2.32. The third-order valence-electron chi connectivity index (χ3n) is 4.33. The molecule has 162 valence electrons. The fourth-order valence-electron chi connectivity index (χ4n) is 3.05. The van der Waals surface area contributed by atoms with Gasteiger partial charge < -0.3 is 19.8 Å². The molecule has 1 aromatic heterocycles. The Hall–Kier alpha value is -2.72. The number of aromatic amines is 1. The predicted molar refractivity (Wildman–Crippen MR) is 122 cm³/mol. The highest BCUT2D eigenvalue weighted by Crippen LogP contribution is 2.30. The molecule has 1 heterocycles.